The lowest BCUT2D eigenvalue weighted by Gasteiger charge is -2.37. The minimum Gasteiger partial charge on any atom is -0.368 e. The molecular formula is C26H36F3N3O. The van der Waals surface area contributed by atoms with Crippen LogP contribution in [0.4, 0.5) is 18.9 Å². The van der Waals surface area contributed by atoms with Crippen molar-refractivity contribution in [2.45, 2.75) is 58.5 Å². The summed E-state index contributed by atoms with van der Waals surface area (Å²) < 4.78 is 33.3. The second kappa shape index (κ2) is 11.8. The maximum absolute atomic E-state index is 11.1. The predicted molar refractivity (Wildman–Crippen MR) is 127 cm³/mol. The zero-order chi connectivity index (χ0) is 23.8. The molecule has 182 valence electrons. The third-order valence-electron chi connectivity index (χ3n) is 6.77. The van der Waals surface area contributed by atoms with E-state index in [0.29, 0.717) is 0 Å². The molecule has 1 aliphatic heterocycles. The fraction of sp³-hybridized carbons (Fsp3) is 0.615. The highest BCUT2D eigenvalue weighted by atomic mass is 19.4. The Balaban J connectivity index is 0.000000331. The smallest absolute Gasteiger partial charge is 0.368 e. The fourth-order valence-corrected chi connectivity index (χ4v) is 4.84. The first-order chi connectivity index (χ1) is 15.7. The van der Waals surface area contributed by atoms with Crippen LogP contribution >= 0.6 is 0 Å². The zero-order valence-electron chi connectivity index (χ0n) is 19.8. The van der Waals surface area contributed by atoms with Gasteiger partial charge in [0.25, 0.3) is 0 Å². The van der Waals surface area contributed by atoms with Gasteiger partial charge in [-0.3, -0.25) is 14.7 Å². The summed E-state index contributed by atoms with van der Waals surface area (Å²) >= 11 is 0. The average molecular weight is 464 g/mol. The van der Waals surface area contributed by atoms with Crippen molar-refractivity contribution in [3.05, 3.63) is 36.5 Å². The molecule has 2 aromatic rings. The SMILES string of the molecule is CC(=O)CC(F)(F)F.CC1CCC(CCN2CCN(c3cccc4ncccc34)CC2)CC1. The molecule has 4 rings (SSSR count). The van der Waals surface area contributed by atoms with E-state index in [1.54, 1.807) is 0 Å². The Bertz CT molecular complexity index is 880. The van der Waals surface area contributed by atoms with E-state index >= 15 is 0 Å². The number of hydrogen-bond acceptors (Lipinski definition) is 4. The molecule has 0 radical (unpaired) electrons. The molecule has 2 aliphatic rings. The molecule has 1 aromatic carbocycles. The molecule has 33 heavy (non-hydrogen) atoms. The van der Waals surface area contributed by atoms with Gasteiger partial charge in [-0.2, -0.15) is 13.2 Å². The minimum atomic E-state index is -4.33. The first-order valence-electron chi connectivity index (χ1n) is 12.1. The summed E-state index contributed by atoms with van der Waals surface area (Å²) in [6, 6.07) is 10.8. The number of nitrogens with zero attached hydrogens (tertiary/aromatic N) is 3. The number of anilines is 1. The molecule has 0 spiro atoms. The average Bonchev–Trinajstić information content (AvgIpc) is 2.77. The number of piperazine rings is 1. The summed E-state index contributed by atoms with van der Waals surface area (Å²) in [6.45, 7) is 9.28. The topological polar surface area (TPSA) is 36.4 Å². The van der Waals surface area contributed by atoms with Crippen LogP contribution in [0.15, 0.2) is 36.5 Å². The Morgan fingerprint density at radius 2 is 1.73 bits per heavy atom. The van der Waals surface area contributed by atoms with Crippen molar-refractivity contribution in [2.75, 3.05) is 37.6 Å². The number of alkyl halides is 3. The number of fused-ring (bicyclic) bond motifs is 1. The Labute approximate surface area is 195 Å². The summed E-state index contributed by atoms with van der Waals surface area (Å²) in [4.78, 5) is 19.5. The number of ketones is 1. The van der Waals surface area contributed by atoms with E-state index < -0.39 is 18.4 Å². The number of halogens is 3. The third-order valence-corrected chi connectivity index (χ3v) is 6.77. The van der Waals surface area contributed by atoms with E-state index in [1.165, 1.54) is 62.8 Å². The monoisotopic (exact) mass is 463 g/mol. The molecule has 4 nitrogen and oxygen atoms in total. The lowest BCUT2D eigenvalue weighted by atomic mass is 9.81. The number of benzene rings is 1. The Kier molecular flexibility index (Phi) is 9.12. The van der Waals surface area contributed by atoms with Crippen LogP contribution in [-0.4, -0.2) is 54.6 Å². The summed E-state index contributed by atoms with van der Waals surface area (Å²) in [5.41, 5.74) is 2.46. The number of Topliss-reactive ketones (excluding diaryl/α,β-unsaturated/α-hetero) is 1. The summed E-state index contributed by atoms with van der Waals surface area (Å²) in [5.74, 6) is 1.10. The van der Waals surface area contributed by atoms with Gasteiger partial charge in [-0.1, -0.05) is 38.7 Å². The van der Waals surface area contributed by atoms with Crippen molar-refractivity contribution in [1.82, 2.24) is 9.88 Å². The van der Waals surface area contributed by atoms with Crippen LogP contribution in [0.5, 0.6) is 0 Å². The largest absolute Gasteiger partial charge is 0.395 e. The Hall–Kier alpha value is -2.15. The van der Waals surface area contributed by atoms with Crippen LogP contribution in [0.3, 0.4) is 0 Å². The van der Waals surface area contributed by atoms with Crippen LogP contribution in [0.25, 0.3) is 10.9 Å². The van der Waals surface area contributed by atoms with E-state index in [1.807, 2.05) is 12.3 Å². The number of aromatic nitrogens is 1. The molecule has 0 N–H and O–H groups in total. The lowest BCUT2D eigenvalue weighted by Crippen LogP contribution is -2.47. The molecule has 7 heteroatoms. The molecule has 2 fully saturated rings. The van der Waals surface area contributed by atoms with E-state index in [-0.39, 0.29) is 0 Å². The quantitative estimate of drug-likeness (QED) is 0.537. The molecule has 0 atom stereocenters. The number of carbonyl (C=O) groups is 1. The van der Waals surface area contributed by atoms with Crippen molar-refractivity contribution in [2.24, 2.45) is 11.8 Å². The summed E-state index contributed by atoms with van der Waals surface area (Å²) in [6.07, 6.45) is 3.48. The van der Waals surface area contributed by atoms with Gasteiger partial charge >= 0.3 is 6.18 Å². The van der Waals surface area contributed by atoms with E-state index in [9.17, 15) is 18.0 Å². The maximum Gasteiger partial charge on any atom is 0.395 e. The lowest BCUT2D eigenvalue weighted by molar-refractivity contribution is -0.150. The first-order valence-corrected chi connectivity index (χ1v) is 12.1. The molecule has 1 aliphatic carbocycles. The van der Waals surface area contributed by atoms with Crippen molar-refractivity contribution < 1.29 is 18.0 Å². The van der Waals surface area contributed by atoms with Gasteiger partial charge in [-0.25, -0.2) is 0 Å². The minimum absolute atomic E-state index is 0.850. The van der Waals surface area contributed by atoms with Crippen LogP contribution in [0.1, 0.15) is 52.4 Å². The first kappa shape index (κ1) is 25.5. The van der Waals surface area contributed by atoms with Crippen molar-refractivity contribution in [3.8, 4) is 0 Å². The summed E-state index contributed by atoms with van der Waals surface area (Å²) in [5, 5.41) is 1.29. The van der Waals surface area contributed by atoms with Gasteiger partial charge < -0.3 is 4.90 Å². The zero-order valence-corrected chi connectivity index (χ0v) is 19.8. The van der Waals surface area contributed by atoms with Gasteiger partial charge in [0, 0.05) is 43.4 Å². The second-order valence-corrected chi connectivity index (χ2v) is 9.58. The van der Waals surface area contributed by atoms with Gasteiger partial charge in [0.05, 0.1) is 5.52 Å². The molecule has 0 bridgehead atoms. The fourth-order valence-electron chi connectivity index (χ4n) is 4.84. The van der Waals surface area contributed by atoms with Crippen LogP contribution in [0, 0.1) is 11.8 Å². The third kappa shape index (κ3) is 8.29. The van der Waals surface area contributed by atoms with Crippen molar-refractivity contribution >= 4 is 22.4 Å². The van der Waals surface area contributed by atoms with Gasteiger partial charge in [0.15, 0.2) is 0 Å². The summed E-state index contributed by atoms with van der Waals surface area (Å²) in [7, 11) is 0. The van der Waals surface area contributed by atoms with Crippen molar-refractivity contribution in [1.29, 1.82) is 0 Å². The Morgan fingerprint density at radius 3 is 2.33 bits per heavy atom. The molecule has 0 amide bonds. The molecule has 2 heterocycles. The molecule has 1 aromatic heterocycles. The Morgan fingerprint density at radius 1 is 1.03 bits per heavy atom. The van der Waals surface area contributed by atoms with Crippen LogP contribution in [-0.2, 0) is 4.79 Å². The highest BCUT2D eigenvalue weighted by molar-refractivity contribution is 5.91. The van der Waals surface area contributed by atoms with Gasteiger partial charge in [0.2, 0.25) is 0 Å². The van der Waals surface area contributed by atoms with E-state index in [0.717, 1.165) is 37.4 Å². The number of carbonyl (C=O) groups excluding carboxylic acids is 1. The van der Waals surface area contributed by atoms with Gasteiger partial charge in [0.1, 0.15) is 12.2 Å². The van der Waals surface area contributed by atoms with Gasteiger partial charge in [-0.15, -0.1) is 0 Å². The highest BCUT2D eigenvalue weighted by Crippen LogP contribution is 2.31. The second-order valence-electron chi connectivity index (χ2n) is 9.58. The number of pyridine rings is 1. The highest BCUT2D eigenvalue weighted by Gasteiger charge is 2.28. The number of hydrogen-bond donors (Lipinski definition) is 0. The molecule has 1 saturated heterocycles. The normalized spacial score (nSPS) is 22.0. The van der Waals surface area contributed by atoms with Crippen molar-refractivity contribution in [3.63, 3.8) is 0 Å². The maximum atomic E-state index is 11.1. The molecule has 0 unspecified atom stereocenters. The van der Waals surface area contributed by atoms with Gasteiger partial charge in [-0.05, 0) is 56.0 Å². The molecule has 1 saturated carbocycles. The van der Waals surface area contributed by atoms with E-state index in [2.05, 4.69) is 46.0 Å². The van der Waals surface area contributed by atoms with E-state index in [4.69, 9.17) is 0 Å². The van der Waals surface area contributed by atoms with Crippen LogP contribution < -0.4 is 4.90 Å². The molecular weight excluding hydrogens is 427 g/mol. The van der Waals surface area contributed by atoms with Crippen LogP contribution in [0.2, 0.25) is 0 Å². The standard InChI is InChI=1S/C22H31N3.C4H5F3O/c1-18-7-9-19(10-8-18)11-13-24-14-16-25(17-15-24)22-6-2-5-21-20(22)4-3-12-23-21;1-3(8)2-4(5,6)7/h2-6,12,18-19H,7-11,13-17H2,1H3;2H2,1H3. The predicted octanol–water partition coefficient (Wildman–Crippen LogP) is 6.10. The number of rotatable bonds is 5.